The SMILES string of the molecule is Cc1cccc(C)c1-c1c(-c2ccccc2)ncn1CCC(=O)N1CCCC1. The second kappa shape index (κ2) is 8.01. The number of carbonyl (C=O) groups excluding carboxylic acids is 1. The summed E-state index contributed by atoms with van der Waals surface area (Å²) in [6, 6.07) is 16.7. The van der Waals surface area contributed by atoms with Gasteiger partial charge in [0.05, 0.1) is 17.7 Å². The van der Waals surface area contributed by atoms with Crippen LogP contribution in [0.5, 0.6) is 0 Å². The molecule has 1 aliphatic heterocycles. The Bertz CT molecular complexity index is 949. The standard InChI is InChI=1S/C24H27N3O/c1-18-9-8-10-19(2)22(18)24-23(20-11-4-3-5-12-20)25-17-27(24)16-13-21(28)26-14-6-7-15-26/h3-5,8-12,17H,6-7,13-16H2,1-2H3. The second-order valence-corrected chi connectivity index (χ2v) is 7.61. The highest BCUT2D eigenvalue weighted by atomic mass is 16.2. The van der Waals surface area contributed by atoms with Gasteiger partial charge < -0.3 is 9.47 Å². The highest BCUT2D eigenvalue weighted by molar-refractivity contribution is 5.82. The van der Waals surface area contributed by atoms with E-state index in [1.165, 1.54) is 16.7 Å². The molecular formula is C24H27N3O. The van der Waals surface area contributed by atoms with Gasteiger partial charge in [-0.25, -0.2) is 4.98 Å². The lowest BCUT2D eigenvalue weighted by atomic mass is 9.96. The molecule has 0 saturated carbocycles. The average Bonchev–Trinajstić information content (AvgIpc) is 3.37. The van der Waals surface area contributed by atoms with E-state index in [9.17, 15) is 4.79 Å². The van der Waals surface area contributed by atoms with Gasteiger partial charge in [0.1, 0.15) is 0 Å². The van der Waals surface area contributed by atoms with Crippen LogP contribution in [0, 0.1) is 13.8 Å². The number of rotatable bonds is 5. The number of aromatic nitrogens is 2. The summed E-state index contributed by atoms with van der Waals surface area (Å²) in [6.45, 7) is 6.75. The zero-order chi connectivity index (χ0) is 19.5. The summed E-state index contributed by atoms with van der Waals surface area (Å²) in [5.74, 6) is 0.250. The van der Waals surface area contributed by atoms with Crippen molar-refractivity contribution in [2.75, 3.05) is 13.1 Å². The molecule has 4 rings (SSSR count). The van der Waals surface area contributed by atoms with E-state index in [1.807, 2.05) is 29.4 Å². The highest BCUT2D eigenvalue weighted by Gasteiger charge is 2.21. The van der Waals surface area contributed by atoms with Crippen molar-refractivity contribution in [2.24, 2.45) is 0 Å². The molecule has 2 heterocycles. The number of imidazole rings is 1. The first kappa shape index (κ1) is 18.5. The molecule has 2 aromatic carbocycles. The molecule has 0 N–H and O–H groups in total. The largest absolute Gasteiger partial charge is 0.343 e. The normalized spacial score (nSPS) is 13.9. The van der Waals surface area contributed by atoms with Crippen LogP contribution in [0.25, 0.3) is 22.5 Å². The molecule has 28 heavy (non-hydrogen) atoms. The zero-order valence-electron chi connectivity index (χ0n) is 16.7. The van der Waals surface area contributed by atoms with E-state index in [0.717, 1.165) is 42.9 Å². The fourth-order valence-corrected chi connectivity index (χ4v) is 4.15. The minimum Gasteiger partial charge on any atom is -0.343 e. The number of benzene rings is 2. The Kier molecular flexibility index (Phi) is 5.29. The van der Waals surface area contributed by atoms with Crippen LogP contribution in [0.15, 0.2) is 54.9 Å². The Hall–Kier alpha value is -2.88. The predicted molar refractivity (Wildman–Crippen MR) is 113 cm³/mol. The minimum absolute atomic E-state index is 0.250. The van der Waals surface area contributed by atoms with Gasteiger partial charge >= 0.3 is 0 Å². The lowest BCUT2D eigenvalue weighted by molar-refractivity contribution is -0.130. The van der Waals surface area contributed by atoms with Gasteiger partial charge in [-0.1, -0.05) is 48.5 Å². The maximum atomic E-state index is 12.6. The maximum Gasteiger partial charge on any atom is 0.224 e. The summed E-state index contributed by atoms with van der Waals surface area (Å²) in [5, 5.41) is 0. The number of hydrogen-bond donors (Lipinski definition) is 0. The first-order valence-corrected chi connectivity index (χ1v) is 10.1. The van der Waals surface area contributed by atoms with E-state index in [1.54, 1.807) is 0 Å². The van der Waals surface area contributed by atoms with Crippen molar-refractivity contribution in [1.29, 1.82) is 0 Å². The van der Waals surface area contributed by atoms with E-state index < -0.39 is 0 Å². The van der Waals surface area contributed by atoms with Crippen LogP contribution in [0.1, 0.15) is 30.4 Å². The molecule has 3 aromatic rings. The maximum absolute atomic E-state index is 12.6. The lowest BCUT2D eigenvalue weighted by Crippen LogP contribution is -2.28. The monoisotopic (exact) mass is 373 g/mol. The van der Waals surface area contributed by atoms with Gasteiger partial charge in [-0.3, -0.25) is 4.79 Å². The van der Waals surface area contributed by atoms with Gasteiger partial charge in [-0.2, -0.15) is 0 Å². The molecule has 1 amide bonds. The van der Waals surface area contributed by atoms with Gasteiger partial charge in [-0.15, -0.1) is 0 Å². The van der Waals surface area contributed by atoms with Gasteiger partial charge in [0.2, 0.25) is 5.91 Å². The second-order valence-electron chi connectivity index (χ2n) is 7.61. The number of likely N-dealkylation sites (tertiary alicyclic amines) is 1. The molecule has 0 atom stereocenters. The summed E-state index contributed by atoms with van der Waals surface area (Å²) < 4.78 is 2.16. The summed E-state index contributed by atoms with van der Waals surface area (Å²) in [5.41, 5.74) is 6.86. The molecule has 1 saturated heterocycles. The third-order valence-electron chi connectivity index (χ3n) is 5.63. The highest BCUT2D eigenvalue weighted by Crippen LogP contribution is 2.35. The Labute approximate surface area is 166 Å². The third-order valence-corrected chi connectivity index (χ3v) is 5.63. The average molecular weight is 374 g/mol. The van der Waals surface area contributed by atoms with E-state index in [0.29, 0.717) is 13.0 Å². The lowest BCUT2D eigenvalue weighted by Gasteiger charge is -2.18. The van der Waals surface area contributed by atoms with Crippen LogP contribution in [0.2, 0.25) is 0 Å². The number of carbonyl (C=O) groups is 1. The molecule has 0 bridgehead atoms. The fraction of sp³-hybridized carbons (Fsp3) is 0.333. The Morgan fingerprint density at radius 1 is 0.964 bits per heavy atom. The molecule has 0 unspecified atom stereocenters. The van der Waals surface area contributed by atoms with Crippen molar-refractivity contribution in [3.8, 4) is 22.5 Å². The molecule has 1 fully saturated rings. The quantitative estimate of drug-likeness (QED) is 0.641. The molecule has 144 valence electrons. The summed E-state index contributed by atoms with van der Waals surface area (Å²) in [6.07, 6.45) is 4.66. The van der Waals surface area contributed by atoms with Gasteiger partial charge in [0.15, 0.2) is 0 Å². The first-order valence-electron chi connectivity index (χ1n) is 10.1. The van der Waals surface area contributed by atoms with Crippen LogP contribution in [0.4, 0.5) is 0 Å². The van der Waals surface area contributed by atoms with Crippen LogP contribution in [0.3, 0.4) is 0 Å². The molecule has 0 radical (unpaired) electrons. The molecule has 0 spiro atoms. The van der Waals surface area contributed by atoms with Crippen molar-refractivity contribution in [1.82, 2.24) is 14.5 Å². The van der Waals surface area contributed by atoms with E-state index >= 15 is 0 Å². The van der Waals surface area contributed by atoms with E-state index in [-0.39, 0.29) is 5.91 Å². The number of amides is 1. The van der Waals surface area contributed by atoms with Crippen LogP contribution >= 0.6 is 0 Å². The van der Waals surface area contributed by atoms with Gasteiger partial charge in [-0.05, 0) is 37.8 Å². The summed E-state index contributed by atoms with van der Waals surface area (Å²) >= 11 is 0. The number of nitrogens with zero attached hydrogens (tertiary/aromatic N) is 3. The van der Waals surface area contributed by atoms with E-state index in [4.69, 9.17) is 4.98 Å². The number of hydrogen-bond acceptors (Lipinski definition) is 2. The Balaban J connectivity index is 1.72. The van der Waals surface area contributed by atoms with Gasteiger partial charge in [0, 0.05) is 37.2 Å². The molecule has 4 heteroatoms. The number of aryl methyl sites for hydroxylation is 3. The van der Waals surface area contributed by atoms with E-state index in [2.05, 4.69) is 48.7 Å². The van der Waals surface area contributed by atoms with Crippen molar-refractivity contribution in [2.45, 2.75) is 39.7 Å². The van der Waals surface area contributed by atoms with Crippen molar-refractivity contribution >= 4 is 5.91 Å². The first-order chi connectivity index (χ1) is 13.6. The van der Waals surface area contributed by atoms with Crippen LogP contribution < -0.4 is 0 Å². The fourth-order valence-electron chi connectivity index (χ4n) is 4.15. The van der Waals surface area contributed by atoms with Crippen LogP contribution in [-0.4, -0.2) is 33.4 Å². The third kappa shape index (κ3) is 3.59. The van der Waals surface area contributed by atoms with Crippen molar-refractivity contribution in [3.63, 3.8) is 0 Å². The molecule has 1 aliphatic rings. The predicted octanol–water partition coefficient (Wildman–Crippen LogP) is 4.85. The smallest absolute Gasteiger partial charge is 0.224 e. The summed E-state index contributed by atoms with van der Waals surface area (Å²) in [7, 11) is 0. The Morgan fingerprint density at radius 3 is 2.32 bits per heavy atom. The molecular weight excluding hydrogens is 346 g/mol. The van der Waals surface area contributed by atoms with Gasteiger partial charge in [0.25, 0.3) is 0 Å². The van der Waals surface area contributed by atoms with Crippen LogP contribution in [-0.2, 0) is 11.3 Å². The molecule has 4 nitrogen and oxygen atoms in total. The minimum atomic E-state index is 0.250. The summed E-state index contributed by atoms with van der Waals surface area (Å²) in [4.78, 5) is 19.3. The molecule has 1 aromatic heterocycles. The molecule has 0 aliphatic carbocycles. The Morgan fingerprint density at radius 2 is 1.64 bits per heavy atom. The topological polar surface area (TPSA) is 38.1 Å². The van der Waals surface area contributed by atoms with Crippen molar-refractivity contribution in [3.05, 3.63) is 66.0 Å². The van der Waals surface area contributed by atoms with Crippen molar-refractivity contribution < 1.29 is 4.79 Å². The zero-order valence-corrected chi connectivity index (χ0v) is 16.7.